The first kappa shape index (κ1) is 16.9. The van der Waals surface area contributed by atoms with E-state index in [1.807, 2.05) is 13.8 Å². The molecule has 0 unspecified atom stereocenters. The minimum atomic E-state index is -0.601. The van der Waals surface area contributed by atoms with Gasteiger partial charge in [-0.05, 0) is 18.4 Å². The Morgan fingerprint density at radius 2 is 1.90 bits per heavy atom. The number of benzene rings is 1. The van der Waals surface area contributed by atoms with Crippen molar-refractivity contribution in [2.45, 2.75) is 32.9 Å². The topological polar surface area (TPSA) is 70.2 Å². The second-order valence-electron chi connectivity index (χ2n) is 5.21. The van der Waals surface area contributed by atoms with Gasteiger partial charge < -0.3 is 16.0 Å². The zero-order chi connectivity index (χ0) is 15.8. The molecule has 3 amide bonds. The van der Waals surface area contributed by atoms with Gasteiger partial charge in [0.2, 0.25) is 5.91 Å². The van der Waals surface area contributed by atoms with Crippen LogP contribution in [-0.2, 0) is 11.3 Å². The molecular formula is C15H22FN3O2. The summed E-state index contributed by atoms with van der Waals surface area (Å²) in [6, 6.07) is 5.12. The zero-order valence-corrected chi connectivity index (χ0v) is 12.6. The van der Waals surface area contributed by atoms with Crippen molar-refractivity contribution >= 4 is 11.9 Å². The molecule has 3 N–H and O–H groups in total. The highest BCUT2D eigenvalue weighted by Crippen LogP contribution is 2.06. The van der Waals surface area contributed by atoms with Gasteiger partial charge in [0, 0.05) is 19.2 Å². The van der Waals surface area contributed by atoms with Crippen LogP contribution in [0.2, 0.25) is 0 Å². The van der Waals surface area contributed by atoms with Crippen molar-refractivity contribution < 1.29 is 14.0 Å². The second kappa shape index (κ2) is 8.24. The Labute approximate surface area is 124 Å². The van der Waals surface area contributed by atoms with Gasteiger partial charge in [-0.25, -0.2) is 9.18 Å². The summed E-state index contributed by atoms with van der Waals surface area (Å²) in [7, 11) is 1.52. The summed E-state index contributed by atoms with van der Waals surface area (Å²) in [6.45, 7) is 4.00. The minimum Gasteiger partial charge on any atom is -0.357 e. The number of hydrogen-bond acceptors (Lipinski definition) is 2. The molecule has 0 radical (unpaired) electrons. The molecule has 0 aromatic heterocycles. The standard InChI is InChI=1S/C15H22FN3O2/c1-10(2)8-13(14(20)17-3)19-15(21)18-9-11-6-4-5-7-12(11)16/h4-7,10,13H,8-9H2,1-3H3,(H,17,20)(H2,18,19,21)/t13-/m0/s1. The number of amides is 3. The van der Waals surface area contributed by atoms with Crippen LogP contribution in [0.25, 0.3) is 0 Å². The maximum absolute atomic E-state index is 13.4. The van der Waals surface area contributed by atoms with Crippen LogP contribution in [0.15, 0.2) is 24.3 Å². The van der Waals surface area contributed by atoms with E-state index >= 15 is 0 Å². The SMILES string of the molecule is CNC(=O)[C@H](CC(C)C)NC(=O)NCc1ccccc1F. The lowest BCUT2D eigenvalue weighted by Crippen LogP contribution is -2.49. The van der Waals surface area contributed by atoms with Crippen LogP contribution >= 0.6 is 0 Å². The van der Waals surface area contributed by atoms with Crippen molar-refractivity contribution in [3.05, 3.63) is 35.6 Å². The van der Waals surface area contributed by atoms with Gasteiger partial charge in [-0.2, -0.15) is 0 Å². The Bertz CT molecular complexity index is 492. The third kappa shape index (κ3) is 5.81. The highest BCUT2D eigenvalue weighted by molar-refractivity contribution is 5.86. The molecule has 0 saturated carbocycles. The first-order valence-electron chi connectivity index (χ1n) is 6.93. The van der Waals surface area contributed by atoms with Crippen LogP contribution in [0, 0.1) is 11.7 Å². The summed E-state index contributed by atoms with van der Waals surface area (Å²) >= 11 is 0. The van der Waals surface area contributed by atoms with Gasteiger partial charge in [-0.1, -0.05) is 32.0 Å². The molecule has 21 heavy (non-hydrogen) atoms. The number of carbonyl (C=O) groups excluding carboxylic acids is 2. The fourth-order valence-electron chi connectivity index (χ4n) is 1.90. The van der Waals surface area contributed by atoms with Gasteiger partial charge in [-0.3, -0.25) is 4.79 Å². The normalized spacial score (nSPS) is 11.9. The molecule has 0 spiro atoms. The van der Waals surface area contributed by atoms with Crippen LogP contribution in [0.3, 0.4) is 0 Å². The third-order valence-corrected chi connectivity index (χ3v) is 2.97. The van der Waals surface area contributed by atoms with E-state index in [1.165, 1.54) is 13.1 Å². The molecule has 116 valence electrons. The van der Waals surface area contributed by atoms with Crippen LogP contribution in [0.5, 0.6) is 0 Å². The predicted octanol–water partition coefficient (Wildman–Crippen LogP) is 1.79. The zero-order valence-electron chi connectivity index (χ0n) is 12.6. The Morgan fingerprint density at radius 3 is 2.48 bits per heavy atom. The predicted molar refractivity (Wildman–Crippen MR) is 79.1 cm³/mol. The molecule has 5 nitrogen and oxygen atoms in total. The molecule has 0 aliphatic rings. The lowest BCUT2D eigenvalue weighted by Gasteiger charge is -2.19. The van der Waals surface area contributed by atoms with E-state index in [4.69, 9.17) is 0 Å². The number of urea groups is 1. The minimum absolute atomic E-state index is 0.0701. The summed E-state index contributed by atoms with van der Waals surface area (Å²) in [5, 5.41) is 7.67. The molecule has 6 heteroatoms. The van der Waals surface area contributed by atoms with E-state index in [0.29, 0.717) is 12.0 Å². The van der Waals surface area contributed by atoms with E-state index in [1.54, 1.807) is 18.2 Å². The van der Waals surface area contributed by atoms with Crippen molar-refractivity contribution in [1.29, 1.82) is 0 Å². The Balaban J connectivity index is 2.54. The molecule has 1 atom stereocenters. The molecular weight excluding hydrogens is 273 g/mol. The Kier molecular flexibility index (Phi) is 6.65. The molecule has 1 rings (SSSR count). The highest BCUT2D eigenvalue weighted by atomic mass is 19.1. The summed E-state index contributed by atoms with van der Waals surface area (Å²) < 4.78 is 13.4. The fraction of sp³-hybridized carbons (Fsp3) is 0.467. The number of rotatable bonds is 6. The lowest BCUT2D eigenvalue weighted by atomic mass is 10.0. The molecule has 0 bridgehead atoms. The van der Waals surface area contributed by atoms with Gasteiger partial charge in [0.15, 0.2) is 0 Å². The quantitative estimate of drug-likeness (QED) is 0.749. The number of halogens is 1. The molecule has 1 aromatic rings. The summed E-state index contributed by atoms with van der Waals surface area (Å²) in [5.74, 6) is -0.355. The van der Waals surface area contributed by atoms with Crippen molar-refractivity contribution in [3.63, 3.8) is 0 Å². The first-order valence-corrected chi connectivity index (χ1v) is 6.93. The van der Waals surface area contributed by atoms with Gasteiger partial charge in [0.25, 0.3) is 0 Å². The van der Waals surface area contributed by atoms with Crippen LogP contribution in [0.1, 0.15) is 25.8 Å². The monoisotopic (exact) mass is 295 g/mol. The number of nitrogens with one attached hydrogen (secondary N) is 3. The highest BCUT2D eigenvalue weighted by Gasteiger charge is 2.20. The third-order valence-electron chi connectivity index (χ3n) is 2.97. The van der Waals surface area contributed by atoms with Crippen LogP contribution in [-0.4, -0.2) is 25.0 Å². The molecule has 0 saturated heterocycles. The van der Waals surface area contributed by atoms with Crippen LogP contribution in [0.4, 0.5) is 9.18 Å². The van der Waals surface area contributed by atoms with E-state index < -0.39 is 12.1 Å². The van der Waals surface area contributed by atoms with Crippen molar-refractivity contribution in [2.75, 3.05) is 7.05 Å². The number of carbonyl (C=O) groups is 2. The van der Waals surface area contributed by atoms with E-state index in [2.05, 4.69) is 16.0 Å². The largest absolute Gasteiger partial charge is 0.357 e. The number of likely N-dealkylation sites (N-methyl/N-ethyl adjacent to an activating group) is 1. The second-order valence-corrected chi connectivity index (χ2v) is 5.21. The van der Waals surface area contributed by atoms with E-state index in [0.717, 1.165) is 0 Å². The average Bonchev–Trinajstić information content (AvgIpc) is 2.44. The van der Waals surface area contributed by atoms with Crippen molar-refractivity contribution in [1.82, 2.24) is 16.0 Å². The van der Waals surface area contributed by atoms with Crippen molar-refractivity contribution in [2.24, 2.45) is 5.92 Å². The smallest absolute Gasteiger partial charge is 0.315 e. The van der Waals surface area contributed by atoms with Crippen molar-refractivity contribution in [3.8, 4) is 0 Å². The summed E-state index contributed by atoms with van der Waals surface area (Å²) in [6.07, 6.45) is 0.535. The van der Waals surface area contributed by atoms with Gasteiger partial charge in [0.1, 0.15) is 11.9 Å². The Hall–Kier alpha value is -2.11. The maximum atomic E-state index is 13.4. The molecule has 0 aliphatic carbocycles. The Morgan fingerprint density at radius 1 is 1.24 bits per heavy atom. The van der Waals surface area contributed by atoms with Crippen LogP contribution < -0.4 is 16.0 Å². The lowest BCUT2D eigenvalue weighted by molar-refractivity contribution is -0.122. The molecule has 0 fully saturated rings. The number of hydrogen-bond donors (Lipinski definition) is 3. The molecule has 1 aromatic carbocycles. The van der Waals surface area contributed by atoms with Gasteiger partial charge >= 0.3 is 6.03 Å². The molecule has 0 aliphatic heterocycles. The van der Waals surface area contributed by atoms with Gasteiger partial charge in [-0.15, -0.1) is 0 Å². The van der Waals surface area contributed by atoms with Gasteiger partial charge in [0.05, 0.1) is 0 Å². The van der Waals surface area contributed by atoms with E-state index in [9.17, 15) is 14.0 Å². The summed E-state index contributed by atoms with van der Waals surface area (Å²) in [5.41, 5.74) is 0.396. The maximum Gasteiger partial charge on any atom is 0.315 e. The van der Waals surface area contributed by atoms with E-state index in [-0.39, 0.29) is 24.2 Å². The first-order chi connectivity index (χ1) is 9.93. The molecule has 0 heterocycles. The summed E-state index contributed by atoms with van der Waals surface area (Å²) in [4.78, 5) is 23.5. The average molecular weight is 295 g/mol. The fourth-order valence-corrected chi connectivity index (χ4v) is 1.90.